The van der Waals surface area contributed by atoms with E-state index >= 15 is 0 Å². The molecule has 1 fully saturated rings. The van der Waals surface area contributed by atoms with Crippen molar-refractivity contribution in [3.05, 3.63) is 60.3 Å². The molecule has 1 N–H and O–H groups in total. The first-order valence-electron chi connectivity index (χ1n) is 10.2. The highest BCUT2D eigenvalue weighted by molar-refractivity contribution is 7.90. The molecule has 5 nitrogen and oxygen atoms in total. The lowest BCUT2D eigenvalue weighted by molar-refractivity contribution is -0.137. The summed E-state index contributed by atoms with van der Waals surface area (Å²) < 4.78 is 66.5. The van der Waals surface area contributed by atoms with Crippen LogP contribution in [0.1, 0.15) is 25.3 Å². The molecule has 166 valence electrons. The summed E-state index contributed by atoms with van der Waals surface area (Å²) in [5.41, 5.74) is 0.254. The highest BCUT2D eigenvalue weighted by Gasteiger charge is 2.32. The molecular weight excluding hydrogens is 427 g/mol. The lowest BCUT2D eigenvalue weighted by Crippen LogP contribution is -2.38. The van der Waals surface area contributed by atoms with E-state index in [4.69, 9.17) is 0 Å². The topological polar surface area (TPSA) is 54.3 Å². The van der Waals surface area contributed by atoms with Crippen LogP contribution in [0.3, 0.4) is 0 Å². The minimum absolute atomic E-state index is 0.289. The van der Waals surface area contributed by atoms with Crippen molar-refractivity contribution in [2.24, 2.45) is 0 Å². The van der Waals surface area contributed by atoms with Gasteiger partial charge >= 0.3 is 6.18 Å². The van der Waals surface area contributed by atoms with Gasteiger partial charge in [-0.15, -0.1) is 0 Å². The summed E-state index contributed by atoms with van der Waals surface area (Å²) in [5.74, 6) is 0. The summed E-state index contributed by atoms with van der Waals surface area (Å²) in [6.07, 6.45) is -1.24. The first-order chi connectivity index (χ1) is 14.7. The van der Waals surface area contributed by atoms with Crippen molar-refractivity contribution in [2.75, 3.05) is 25.0 Å². The maximum absolute atomic E-state index is 13.1. The van der Waals surface area contributed by atoms with Gasteiger partial charge in [-0.1, -0.05) is 19.1 Å². The van der Waals surface area contributed by atoms with Crippen molar-refractivity contribution in [1.29, 1.82) is 0 Å². The number of nitrogens with one attached hydrogen (secondary N) is 1. The van der Waals surface area contributed by atoms with Crippen LogP contribution in [0.5, 0.6) is 0 Å². The molecule has 1 saturated heterocycles. The quantitative estimate of drug-likeness (QED) is 0.606. The highest BCUT2D eigenvalue weighted by Crippen LogP contribution is 2.33. The number of halogens is 3. The summed E-state index contributed by atoms with van der Waals surface area (Å²) >= 11 is 0. The molecule has 2 aromatic carbocycles. The van der Waals surface area contributed by atoms with Gasteiger partial charge in [0.25, 0.3) is 10.0 Å². The molecule has 1 aromatic heterocycles. The molecule has 1 aliphatic heterocycles. The van der Waals surface area contributed by atoms with Crippen LogP contribution in [0.25, 0.3) is 10.9 Å². The van der Waals surface area contributed by atoms with Crippen molar-refractivity contribution < 1.29 is 21.6 Å². The van der Waals surface area contributed by atoms with Gasteiger partial charge in [-0.3, -0.25) is 0 Å². The average Bonchev–Trinajstić information content (AvgIpc) is 3.20. The van der Waals surface area contributed by atoms with Gasteiger partial charge in [-0.2, -0.15) is 13.2 Å². The first kappa shape index (κ1) is 21.7. The minimum atomic E-state index is -4.62. The zero-order valence-corrected chi connectivity index (χ0v) is 17.9. The summed E-state index contributed by atoms with van der Waals surface area (Å²) in [6, 6.07) is 11.1. The van der Waals surface area contributed by atoms with Gasteiger partial charge in [0.15, 0.2) is 0 Å². The summed E-state index contributed by atoms with van der Waals surface area (Å²) in [4.78, 5) is 1.99. The predicted molar refractivity (Wildman–Crippen MR) is 115 cm³/mol. The molecular formula is C22H24F3N3O2S. The second-order valence-electron chi connectivity index (χ2n) is 7.73. The van der Waals surface area contributed by atoms with Crippen LogP contribution in [0.15, 0.2) is 59.6 Å². The zero-order valence-electron chi connectivity index (χ0n) is 17.1. The van der Waals surface area contributed by atoms with Gasteiger partial charge in [0, 0.05) is 36.4 Å². The first-order valence-corrected chi connectivity index (χ1v) is 11.7. The molecule has 2 heterocycles. The number of alkyl halides is 3. The van der Waals surface area contributed by atoms with Gasteiger partial charge in [-0.05, 0) is 55.8 Å². The largest absolute Gasteiger partial charge is 0.416 e. The highest BCUT2D eigenvalue weighted by atomic mass is 32.2. The van der Waals surface area contributed by atoms with Crippen LogP contribution in [0.4, 0.5) is 18.9 Å². The smallest absolute Gasteiger partial charge is 0.382 e. The number of rotatable bonds is 5. The van der Waals surface area contributed by atoms with Crippen molar-refractivity contribution in [3.8, 4) is 0 Å². The summed E-state index contributed by atoms with van der Waals surface area (Å²) in [7, 11) is -4.18. The van der Waals surface area contributed by atoms with Gasteiger partial charge in [0.2, 0.25) is 0 Å². The third kappa shape index (κ3) is 4.29. The molecule has 0 aliphatic carbocycles. The number of benzene rings is 2. The lowest BCUT2D eigenvalue weighted by atomic mass is 10.0. The average molecular weight is 452 g/mol. The maximum Gasteiger partial charge on any atom is 0.416 e. The van der Waals surface area contributed by atoms with Crippen LogP contribution in [0.2, 0.25) is 0 Å². The SMILES string of the molecule is CCN1CCC(Nc2cccc3c2ccn3S(=O)(=O)c2cccc(C(F)(F)F)c2)CC1. The third-order valence-electron chi connectivity index (χ3n) is 5.81. The Bertz CT molecular complexity index is 1180. The number of anilines is 1. The van der Waals surface area contributed by atoms with E-state index in [1.54, 1.807) is 18.2 Å². The van der Waals surface area contributed by atoms with E-state index in [-0.39, 0.29) is 6.04 Å². The number of aromatic nitrogens is 1. The van der Waals surface area contributed by atoms with Gasteiger partial charge in [0.05, 0.1) is 16.0 Å². The number of nitrogens with zero attached hydrogens (tertiary/aromatic N) is 2. The number of fused-ring (bicyclic) bond motifs is 1. The molecule has 31 heavy (non-hydrogen) atoms. The predicted octanol–water partition coefficient (Wildman–Crippen LogP) is 4.79. The standard InChI is InChI=1S/C22H24F3N3O2S/c1-2-27-12-9-17(10-13-27)26-20-7-4-8-21-19(20)11-14-28(21)31(29,30)18-6-3-5-16(15-18)22(23,24)25/h3-8,11,14-15,17,26H,2,9-10,12-13H2,1H3. The molecule has 4 rings (SSSR count). The monoisotopic (exact) mass is 451 g/mol. The van der Waals surface area contributed by atoms with E-state index in [9.17, 15) is 21.6 Å². The van der Waals surface area contributed by atoms with E-state index in [0.717, 1.165) is 59.7 Å². The molecule has 0 atom stereocenters. The Hall–Kier alpha value is -2.52. The van der Waals surface area contributed by atoms with Gasteiger partial charge < -0.3 is 10.2 Å². The molecule has 0 amide bonds. The Morgan fingerprint density at radius 3 is 2.45 bits per heavy atom. The maximum atomic E-state index is 13.1. The molecule has 0 saturated carbocycles. The Morgan fingerprint density at radius 1 is 1.06 bits per heavy atom. The van der Waals surface area contributed by atoms with Crippen molar-refractivity contribution in [1.82, 2.24) is 8.87 Å². The fraction of sp³-hybridized carbons (Fsp3) is 0.364. The van der Waals surface area contributed by atoms with E-state index in [0.29, 0.717) is 11.6 Å². The fourth-order valence-corrected chi connectivity index (χ4v) is 5.43. The molecule has 9 heteroatoms. The Balaban J connectivity index is 1.66. The van der Waals surface area contributed by atoms with Crippen LogP contribution < -0.4 is 5.32 Å². The van der Waals surface area contributed by atoms with E-state index in [1.807, 2.05) is 6.07 Å². The van der Waals surface area contributed by atoms with Crippen LogP contribution >= 0.6 is 0 Å². The number of hydrogen-bond acceptors (Lipinski definition) is 4. The molecule has 0 unspecified atom stereocenters. The van der Waals surface area contributed by atoms with Crippen LogP contribution in [-0.2, 0) is 16.2 Å². The Morgan fingerprint density at radius 2 is 1.77 bits per heavy atom. The minimum Gasteiger partial charge on any atom is -0.382 e. The lowest BCUT2D eigenvalue weighted by Gasteiger charge is -2.32. The zero-order chi connectivity index (χ0) is 22.2. The molecule has 1 aliphatic rings. The van der Waals surface area contributed by atoms with Gasteiger partial charge in [0.1, 0.15) is 0 Å². The number of hydrogen-bond donors (Lipinski definition) is 1. The second kappa shape index (κ2) is 8.20. The van der Waals surface area contributed by atoms with Gasteiger partial charge in [-0.25, -0.2) is 12.4 Å². The second-order valence-corrected chi connectivity index (χ2v) is 9.55. The third-order valence-corrected chi connectivity index (χ3v) is 7.50. The number of piperidine rings is 1. The van der Waals surface area contributed by atoms with Crippen molar-refractivity contribution >= 4 is 26.6 Å². The molecule has 3 aromatic rings. The van der Waals surface area contributed by atoms with E-state index < -0.39 is 26.7 Å². The Kier molecular flexibility index (Phi) is 5.74. The Labute approximate surface area is 179 Å². The van der Waals surface area contributed by atoms with E-state index in [2.05, 4.69) is 17.1 Å². The molecule has 0 radical (unpaired) electrons. The molecule has 0 spiro atoms. The number of likely N-dealkylation sites (tertiary alicyclic amines) is 1. The van der Waals surface area contributed by atoms with Crippen molar-refractivity contribution in [3.63, 3.8) is 0 Å². The summed E-state index contributed by atoms with van der Waals surface area (Å²) in [5, 5.41) is 4.24. The summed E-state index contributed by atoms with van der Waals surface area (Å²) in [6.45, 7) is 5.19. The van der Waals surface area contributed by atoms with Crippen LogP contribution in [0, 0.1) is 0 Å². The van der Waals surface area contributed by atoms with Crippen LogP contribution in [-0.4, -0.2) is 43.0 Å². The van der Waals surface area contributed by atoms with E-state index in [1.165, 1.54) is 12.3 Å². The fourth-order valence-electron chi connectivity index (χ4n) is 4.04. The molecule has 0 bridgehead atoms. The normalized spacial score (nSPS) is 16.6. The van der Waals surface area contributed by atoms with Crippen molar-refractivity contribution in [2.45, 2.75) is 36.9 Å².